The van der Waals surface area contributed by atoms with E-state index < -0.39 is 0 Å². The number of aromatic nitrogens is 3. The van der Waals surface area contributed by atoms with Crippen LogP contribution in [0.3, 0.4) is 0 Å². The molecule has 0 aliphatic carbocycles. The van der Waals surface area contributed by atoms with Crippen molar-refractivity contribution in [3.63, 3.8) is 0 Å². The van der Waals surface area contributed by atoms with Gasteiger partial charge in [-0.25, -0.2) is 4.98 Å². The van der Waals surface area contributed by atoms with Crippen LogP contribution in [0.15, 0.2) is 103 Å². The lowest BCUT2D eigenvalue weighted by molar-refractivity contribution is 0.306. The van der Waals surface area contributed by atoms with Crippen LogP contribution in [0.2, 0.25) is 0 Å². The quantitative estimate of drug-likeness (QED) is 0.299. The van der Waals surface area contributed by atoms with Gasteiger partial charge < -0.3 is 14.5 Å². The molecule has 0 bridgehead atoms. The minimum absolute atomic E-state index is 0.517. The lowest BCUT2D eigenvalue weighted by Gasteiger charge is -2.34. The zero-order valence-electron chi connectivity index (χ0n) is 20.9. The highest BCUT2D eigenvalue weighted by molar-refractivity contribution is 5.77. The summed E-state index contributed by atoms with van der Waals surface area (Å²) in [5, 5.41) is 4.56. The van der Waals surface area contributed by atoms with Crippen LogP contribution >= 0.6 is 0 Å². The first-order valence-electron chi connectivity index (χ1n) is 12.6. The first-order chi connectivity index (χ1) is 18.2. The highest BCUT2D eigenvalue weighted by Gasteiger charge is 2.19. The highest BCUT2D eigenvalue weighted by Crippen LogP contribution is 2.37. The van der Waals surface area contributed by atoms with Gasteiger partial charge in [-0.15, -0.1) is 0 Å². The molecule has 7 heteroatoms. The molecule has 0 amide bonds. The van der Waals surface area contributed by atoms with Crippen LogP contribution in [-0.2, 0) is 6.61 Å². The molecule has 186 valence electrons. The summed E-state index contributed by atoms with van der Waals surface area (Å²) in [5.41, 5.74) is 5.21. The molecule has 0 saturated carbocycles. The lowest BCUT2D eigenvalue weighted by atomic mass is 10.2. The van der Waals surface area contributed by atoms with Crippen molar-refractivity contribution in [3.05, 3.63) is 109 Å². The fraction of sp³-hybridized carbons (Fsp3) is 0.200. The van der Waals surface area contributed by atoms with Crippen LogP contribution in [0.25, 0.3) is 5.65 Å². The first-order valence-corrected chi connectivity index (χ1v) is 12.6. The van der Waals surface area contributed by atoms with Crippen LogP contribution < -0.4 is 14.5 Å². The fourth-order valence-electron chi connectivity index (χ4n) is 4.73. The molecule has 3 heterocycles. The molecular weight excluding hydrogens is 460 g/mol. The van der Waals surface area contributed by atoms with Gasteiger partial charge in [0.15, 0.2) is 5.65 Å². The van der Waals surface area contributed by atoms with Gasteiger partial charge in [-0.2, -0.15) is 9.61 Å². The van der Waals surface area contributed by atoms with Gasteiger partial charge >= 0.3 is 0 Å². The number of anilines is 4. The van der Waals surface area contributed by atoms with E-state index in [4.69, 9.17) is 4.74 Å². The van der Waals surface area contributed by atoms with Gasteiger partial charge in [0.05, 0.1) is 11.9 Å². The Morgan fingerprint density at radius 3 is 2.41 bits per heavy atom. The summed E-state index contributed by atoms with van der Waals surface area (Å²) in [6, 6.07) is 31.1. The standard InChI is InChI=1S/C30H30N6O/c1-33-18-20-34(21-19-33)25-10-12-26(13-11-25)35(30-15-16-31-29-14-17-32-36(29)30)27-8-5-9-28(22-27)37-23-24-6-3-2-4-7-24/h2-17,22H,18-21,23H2,1H3. The number of hydrogen-bond donors (Lipinski definition) is 0. The Morgan fingerprint density at radius 1 is 0.784 bits per heavy atom. The Kier molecular flexibility index (Phi) is 6.44. The van der Waals surface area contributed by atoms with Crippen LogP contribution in [0.5, 0.6) is 5.75 Å². The Labute approximate surface area is 217 Å². The van der Waals surface area contributed by atoms with Crippen LogP contribution in [0.4, 0.5) is 22.9 Å². The van der Waals surface area contributed by atoms with Gasteiger partial charge in [0.25, 0.3) is 0 Å². The van der Waals surface area contributed by atoms with Crippen molar-refractivity contribution in [3.8, 4) is 5.75 Å². The summed E-state index contributed by atoms with van der Waals surface area (Å²) in [6.45, 7) is 4.76. The molecule has 0 N–H and O–H groups in total. The van der Waals surface area contributed by atoms with Crippen molar-refractivity contribution in [2.45, 2.75) is 6.61 Å². The molecule has 1 aliphatic rings. The molecule has 1 saturated heterocycles. The maximum absolute atomic E-state index is 6.16. The molecule has 7 nitrogen and oxygen atoms in total. The number of nitrogens with zero attached hydrogens (tertiary/aromatic N) is 6. The Morgan fingerprint density at radius 2 is 1.59 bits per heavy atom. The summed E-state index contributed by atoms with van der Waals surface area (Å²) in [7, 11) is 2.18. The maximum atomic E-state index is 6.16. The molecule has 0 atom stereocenters. The molecule has 5 aromatic rings. The minimum atomic E-state index is 0.517. The van der Waals surface area contributed by atoms with Crippen LogP contribution in [-0.4, -0.2) is 52.7 Å². The summed E-state index contributed by atoms with van der Waals surface area (Å²) in [5.74, 6) is 1.72. The molecule has 1 aliphatic heterocycles. The third-order valence-electron chi connectivity index (χ3n) is 6.80. The van der Waals surface area contributed by atoms with E-state index >= 15 is 0 Å². The van der Waals surface area contributed by atoms with Crippen LogP contribution in [0.1, 0.15) is 5.56 Å². The Hall–Kier alpha value is -4.36. The largest absolute Gasteiger partial charge is 0.489 e. The molecule has 6 rings (SSSR count). The van der Waals surface area contributed by atoms with E-state index in [2.05, 4.69) is 80.4 Å². The SMILES string of the molecule is CN1CCN(c2ccc(N(c3cccc(OCc4ccccc4)c3)c3ccnc4ccnn34)cc2)CC1. The second-order valence-electron chi connectivity index (χ2n) is 9.32. The van der Waals surface area contributed by atoms with E-state index in [-0.39, 0.29) is 0 Å². The van der Waals surface area contributed by atoms with Crippen molar-refractivity contribution in [2.24, 2.45) is 0 Å². The maximum Gasteiger partial charge on any atom is 0.157 e. The second-order valence-corrected chi connectivity index (χ2v) is 9.32. The number of fused-ring (bicyclic) bond motifs is 1. The molecule has 0 unspecified atom stereocenters. The van der Waals surface area contributed by atoms with Crippen molar-refractivity contribution >= 4 is 28.5 Å². The van der Waals surface area contributed by atoms with Gasteiger partial charge in [0.2, 0.25) is 0 Å². The number of rotatable bonds is 7. The number of benzene rings is 3. The van der Waals surface area contributed by atoms with Gasteiger partial charge in [-0.1, -0.05) is 36.4 Å². The van der Waals surface area contributed by atoms with Crippen LogP contribution in [0, 0.1) is 0 Å². The van der Waals surface area contributed by atoms with E-state index in [0.717, 1.165) is 60.3 Å². The normalized spacial score (nSPS) is 14.1. The Balaban J connectivity index is 1.35. The van der Waals surface area contributed by atoms with Crippen molar-refractivity contribution in [1.82, 2.24) is 19.5 Å². The fourth-order valence-corrected chi connectivity index (χ4v) is 4.73. The van der Waals surface area contributed by atoms with E-state index in [0.29, 0.717) is 6.61 Å². The molecule has 0 spiro atoms. The molecule has 2 aromatic heterocycles. The Bertz CT molecular complexity index is 1460. The topological polar surface area (TPSA) is 49.1 Å². The van der Waals surface area contributed by atoms with Crippen molar-refractivity contribution in [1.29, 1.82) is 0 Å². The minimum Gasteiger partial charge on any atom is -0.489 e. The molecule has 3 aromatic carbocycles. The molecule has 37 heavy (non-hydrogen) atoms. The predicted octanol–water partition coefficient (Wildman–Crippen LogP) is 5.53. The number of piperazine rings is 1. The smallest absolute Gasteiger partial charge is 0.157 e. The predicted molar refractivity (Wildman–Crippen MR) is 148 cm³/mol. The number of hydrogen-bond acceptors (Lipinski definition) is 6. The third kappa shape index (κ3) is 4.99. The van der Waals surface area contributed by atoms with Gasteiger partial charge in [-0.05, 0) is 55.1 Å². The van der Waals surface area contributed by atoms with E-state index in [1.165, 1.54) is 5.69 Å². The van der Waals surface area contributed by atoms with Crippen molar-refractivity contribution in [2.75, 3.05) is 43.0 Å². The zero-order valence-corrected chi connectivity index (χ0v) is 20.9. The van der Waals surface area contributed by atoms with E-state index in [1.807, 2.05) is 53.2 Å². The molecule has 0 radical (unpaired) electrons. The molecular formula is C30H30N6O. The number of ether oxygens (including phenoxy) is 1. The van der Waals surface area contributed by atoms with E-state index in [9.17, 15) is 0 Å². The van der Waals surface area contributed by atoms with Gasteiger partial charge in [0.1, 0.15) is 18.2 Å². The lowest BCUT2D eigenvalue weighted by Crippen LogP contribution is -2.44. The van der Waals surface area contributed by atoms with Gasteiger partial charge in [-0.3, -0.25) is 4.90 Å². The average molecular weight is 491 g/mol. The third-order valence-corrected chi connectivity index (χ3v) is 6.80. The monoisotopic (exact) mass is 490 g/mol. The zero-order chi connectivity index (χ0) is 25.0. The highest BCUT2D eigenvalue weighted by atomic mass is 16.5. The van der Waals surface area contributed by atoms with Crippen molar-refractivity contribution < 1.29 is 4.74 Å². The average Bonchev–Trinajstić information content (AvgIpc) is 3.44. The second kappa shape index (κ2) is 10.3. The van der Waals surface area contributed by atoms with E-state index in [1.54, 1.807) is 6.20 Å². The van der Waals surface area contributed by atoms with Gasteiger partial charge in [0, 0.05) is 55.9 Å². The summed E-state index contributed by atoms with van der Waals surface area (Å²) in [4.78, 5) is 11.5. The first kappa shape index (κ1) is 23.1. The summed E-state index contributed by atoms with van der Waals surface area (Å²) >= 11 is 0. The number of likely N-dealkylation sites (N-methyl/N-ethyl adjacent to an activating group) is 1. The molecule has 1 fully saturated rings. The summed E-state index contributed by atoms with van der Waals surface area (Å²) in [6.07, 6.45) is 3.60. The summed E-state index contributed by atoms with van der Waals surface area (Å²) < 4.78 is 8.03.